The van der Waals surface area contributed by atoms with Crippen LogP contribution in [0.3, 0.4) is 0 Å². The third-order valence-corrected chi connectivity index (χ3v) is 2.17. The summed E-state index contributed by atoms with van der Waals surface area (Å²) >= 11 is 3.22. The fraction of sp³-hybridized carbons (Fsp3) is 0.333. The molecule has 0 aromatic carbocycles. The Bertz CT molecular complexity index is 341. The average molecular weight is 260 g/mol. The first-order chi connectivity index (χ1) is 6.70. The summed E-state index contributed by atoms with van der Waals surface area (Å²) in [7, 11) is 1.48. The Balaban J connectivity index is 3.10. The van der Waals surface area contributed by atoms with Crippen molar-refractivity contribution in [3.05, 3.63) is 22.4 Å². The van der Waals surface area contributed by atoms with E-state index in [2.05, 4.69) is 20.9 Å². The van der Waals surface area contributed by atoms with E-state index in [9.17, 15) is 4.79 Å². The van der Waals surface area contributed by atoms with Crippen molar-refractivity contribution in [3.8, 4) is 5.75 Å². The van der Waals surface area contributed by atoms with Gasteiger partial charge in [0.1, 0.15) is 5.56 Å². The minimum absolute atomic E-state index is 0.330. The van der Waals surface area contributed by atoms with Gasteiger partial charge in [0.25, 0.3) is 0 Å². The highest BCUT2D eigenvalue weighted by atomic mass is 79.9. The lowest BCUT2D eigenvalue weighted by atomic mass is 10.2. The van der Waals surface area contributed by atoms with Crippen LogP contribution in [-0.2, 0) is 4.74 Å². The van der Waals surface area contributed by atoms with Gasteiger partial charge in [-0.1, -0.05) is 0 Å². The number of carbonyl (C=O) groups is 1. The van der Waals surface area contributed by atoms with Crippen LogP contribution in [0.25, 0.3) is 0 Å². The van der Waals surface area contributed by atoms with Crippen LogP contribution < -0.4 is 4.74 Å². The van der Waals surface area contributed by atoms with Crippen LogP contribution in [0.1, 0.15) is 17.3 Å². The van der Waals surface area contributed by atoms with Crippen molar-refractivity contribution >= 4 is 21.9 Å². The second kappa shape index (κ2) is 4.95. The molecule has 0 unspecified atom stereocenters. The van der Waals surface area contributed by atoms with Gasteiger partial charge < -0.3 is 9.47 Å². The third-order valence-electron chi connectivity index (χ3n) is 1.56. The molecule has 0 saturated carbocycles. The molecule has 4 nitrogen and oxygen atoms in total. The van der Waals surface area contributed by atoms with Crippen LogP contribution in [0.4, 0.5) is 0 Å². The summed E-state index contributed by atoms with van der Waals surface area (Å²) < 4.78 is 10.4. The molecular formula is C9H10BrNO3. The number of hydrogen-bond donors (Lipinski definition) is 0. The maximum atomic E-state index is 11.5. The molecule has 0 aliphatic heterocycles. The van der Waals surface area contributed by atoms with Gasteiger partial charge in [-0.2, -0.15) is 0 Å². The molecule has 0 aliphatic carbocycles. The first-order valence-corrected chi connectivity index (χ1v) is 4.84. The standard InChI is InChI=1S/C9H10BrNO3/c1-3-14-9(12)8-6(10)4-11-5-7(8)13-2/h4-5H,3H2,1-2H3. The summed E-state index contributed by atoms with van der Waals surface area (Å²) in [5, 5.41) is 0. The van der Waals surface area contributed by atoms with E-state index in [-0.39, 0.29) is 0 Å². The summed E-state index contributed by atoms with van der Waals surface area (Å²) in [5.74, 6) is -0.0172. The van der Waals surface area contributed by atoms with Crippen LogP contribution in [0.15, 0.2) is 16.9 Å². The Morgan fingerprint density at radius 1 is 1.57 bits per heavy atom. The Kier molecular flexibility index (Phi) is 3.88. The van der Waals surface area contributed by atoms with E-state index in [1.165, 1.54) is 19.5 Å². The molecule has 0 N–H and O–H groups in total. The number of hydrogen-bond acceptors (Lipinski definition) is 4. The third kappa shape index (κ3) is 2.23. The Morgan fingerprint density at radius 3 is 2.86 bits per heavy atom. The average Bonchev–Trinajstić information content (AvgIpc) is 2.17. The molecule has 5 heteroatoms. The zero-order valence-corrected chi connectivity index (χ0v) is 9.50. The normalized spacial score (nSPS) is 9.64. The van der Waals surface area contributed by atoms with Gasteiger partial charge in [0.15, 0.2) is 5.75 Å². The van der Waals surface area contributed by atoms with Crippen molar-refractivity contribution < 1.29 is 14.3 Å². The van der Waals surface area contributed by atoms with Gasteiger partial charge in [0.05, 0.1) is 24.4 Å². The number of methoxy groups -OCH3 is 1. The minimum atomic E-state index is -0.418. The summed E-state index contributed by atoms with van der Waals surface area (Å²) in [6.45, 7) is 2.08. The van der Waals surface area contributed by atoms with Gasteiger partial charge in [-0.05, 0) is 22.9 Å². The minimum Gasteiger partial charge on any atom is -0.494 e. The quantitative estimate of drug-likeness (QED) is 0.780. The molecule has 1 aromatic heterocycles. The zero-order chi connectivity index (χ0) is 10.6. The zero-order valence-electron chi connectivity index (χ0n) is 7.91. The van der Waals surface area contributed by atoms with Crippen molar-refractivity contribution in [2.75, 3.05) is 13.7 Å². The van der Waals surface area contributed by atoms with E-state index >= 15 is 0 Å². The summed E-state index contributed by atoms with van der Waals surface area (Å²) in [4.78, 5) is 15.4. The summed E-state index contributed by atoms with van der Waals surface area (Å²) in [5.41, 5.74) is 0.365. The van der Waals surface area contributed by atoms with Gasteiger partial charge in [-0.15, -0.1) is 0 Å². The number of ether oxygens (including phenoxy) is 2. The number of pyridine rings is 1. The van der Waals surface area contributed by atoms with Gasteiger partial charge in [0.2, 0.25) is 0 Å². The molecule has 0 atom stereocenters. The van der Waals surface area contributed by atoms with Gasteiger partial charge >= 0.3 is 5.97 Å². The molecule has 1 rings (SSSR count). The second-order valence-electron chi connectivity index (χ2n) is 2.42. The van der Waals surface area contributed by atoms with Gasteiger partial charge in [-0.25, -0.2) is 4.79 Å². The van der Waals surface area contributed by atoms with Crippen LogP contribution in [-0.4, -0.2) is 24.7 Å². The summed E-state index contributed by atoms with van der Waals surface area (Å²) in [6.07, 6.45) is 2.99. The van der Waals surface area contributed by atoms with Crippen molar-refractivity contribution in [1.29, 1.82) is 0 Å². The van der Waals surface area contributed by atoms with Crippen LogP contribution >= 0.6 is 15.9 Å². The van der Waals surface area contributed by atoms with Crippen molar-refractivity contribution in [2.45, 2.75) is 6.92 Å². The number of nitrogens with zero attached hydrogens (tertiary/aromatic N) is 1. The van der Waals surface area contributed by atoms with Gasteiger partial charge in [-0.3, -0.25) is 4.98 Å². The second-order valence-corrected chi connectivity index (χ2v) is 3.27. The van der Waals surface area contributed by atoms with Crippen LogP contribution in [0.5, 0.6) is 5.75 Å². The first-order valence-electron chi connectivity index (χ1n) is 4.05. The topological polar surface area (TPSA) is 48.4 Å². The molecule has 1 aromatic rings. The van der Waals surface area contributed by atoms with Crippen LogP contribution in [0.2, 0.25) is 0 Å². The van der Waals surface area contributed by atoms with E-state index < -0.39 is 5.97 Å². The molecular weight excluding hydrogens is 250 g/mol. The molecule has 0 amide bonds. The predicted molar refractivity (Wildman–Crippen MR) is 54.4 cm³/mol. The number of halogens is 1. The number of aromatic nitrogens is 1. The predicted octanol–water partition coefficient (Wildman–Crippen LogP) is 2.03. The van der Waals surface area contributed by atoms with Crippen molar-refractivity contribution in [3.63, 3.8) is 0 Å². The number of carbonyl (C=O) groups excluding carboxylic acids is 1. The lowest BCUT2D eigenvalue weighted by molar-refractivity contribution is 0.0521. The smallest absolute Gasteiger partial charge is 0.343 e. The molecule has 0 radical (unpaired) electrons. The van der Waals surface area contributed by atoms with Crippen molar-refractivity contribution in [2.24, 2.45) is 0 Å². The highest BCUT2D eigenvalue weighted by Crippen LogP contribution is 2.25. The molecule has 0 spiro atoms. The maximum Gasteiger partial charge on any atom is 0.343 e. The SMILES string of the molecule is CCOC(=O)c1c(Br)cncc1OC. The Hall–Kier alpha value is -1.10. The molecule has 0 aliphatic rings. The van der Waals surface area contributed by atoms with E-state index in [0.717, 1.165) is 0 Å². The molecule has 0 fully saturated rings. The van der Waals surface area contributed by atoms with E-state index in [1.54, 1.807) is 6.92 Å². The molecule has 0 saturated heterocycles. The Labute approximate surface area is 90.4 Å². The maximum absolute atomic E-state index is 11.5. The molecule has 14 heavy (non-hydrogen) atoms. The largest absolute Gasteiger partial charge is 0.494 e. The fourth-order valence-electron chi connectivity index (χ4n) is 0.973. The highest BCUT2D eigenvalue weighted by Gasteiger charge is 2.17. The molecule has 1 heterocycles. The number of esters is 1. The van der Waals surface area contributed by atoms with Gasteiger partial charge in [0, 0.05) is 6.20 Å². The lowest BCUT2D eigenvalue weighted by Crippen LogP contribution is -2.08. The lowest BCUT2D eigenvalue weighted by Gasteiger charge is -2.08. The number of rotatable bonds is 3. The van der Waals surface area contributed by atoms with E-state index in [1.807, 2.05) is 0 Å². The summed E-state index contributed by atoms with van der Waals surface area (Å²) in [6, 6.07) is 0. The highest BCUT2D eigenvalue weighted by molar-refractivity contribution is 9.10. The molecule has 76 valence electrons. The molecule has 0 bridgehead atoms. The van der Waals surface area contributed by atoms with E-state index in [4.69, 9.17) is 9.47 Å². The fourth-order valence-corrected chi connectivity index (χ4v) is 1.45. The van der Waals surface area contributed by atoms with Crippen molar-refractivity contribution in [1.82, 2.24) is 4.98 Å². The van der Waals surface area contributed by atoms with E-state index in [0.29, 0.717) is 22.4 Å². The Morgan fingerprint density at radius 2 is 2.29 bits per heavy atom. The monoisotopic (exact) mass is 259 g/mol. The van der Waals surface area contributed by atoms with Crippen LogP contribution in [0, 0.1) is 0 Å². The first kappa shape index (κ1) is 11.0.